The minimum absolute atomic E-state index is 0.205. The highest BCUT2D eigenvalue weighted by Crippen LogP contribution is 2.42. The van der Waals surface area contributed by atoms with Gasteiger partial charge in [0.2, 0.25) is 5.52 Å². The zero-order valence-electron chi connectivity index (χ0n) is 13.3. The molecule has 3 nitrogen and oxygen atoms in total. The van der Waals surface area contributed by atoms with Crippen LogP contribution in [0.1, 0.15) is 0 Å². The summed E-state index contributed by atoms with van der Waals surface area (Å²) in [6.07, 6.45) is 0. The van der Waals surface area contributed by atoms with Crippen molar-refractivity contribution < 1.29 is 17.5 Å². The van der Waals surface area contributed by atoms with E-state index in [1.807, 2.05) is 24.3 Å². The third kappa shape index (κ3) is 1.55. The minimum Gasteiger partial charge on any atom is -0.401 e. The van der Waals surface area contributed by atoms with Gasteiger partial charge in [-0.2, -0.15) is 0 Å². The quantitative estimate of drug-likeness (QED) is 0.316. The Labute approximate surface area is 154 Å². The van der Waals surface area contributed by atoms with E-state index in [1.165, 1.54) is 4.48 Å². The molecule has 2 aromatic heterocycles. The van der Waals surface area contributed by atoms with Crippen LogP contribution in [0.4, 0.5) is 8.63 Å². The fourth-order valence-corrected chi connectivity index (χ4v) is 4.55. The van der Waals surface area contributed by atoms with Crippen LogP contribution in [0.5, 0.6) is 0 Å². The molecule has 0 N–H and O–H groups in total. The first-order chi connectivity index (χ1) is 12.6. The van der Waals surface area contributed by atoms with Crippen molar-refractivity contribution in [2.45, 2.75) is 0 Å². The molecule has 0 saturated carbocycles. The first-order valence-corrected chi connectivity index (χ1v) is 9.05. The largest absolute Gasteiger partial charge is 0.740 e. The van der Waals surface area contributed by atoms with Gasteiger partial charge in [0.25, 0.3) is 0 Å². The van der Waals surface area contributed by atoms with Crippen LogP contribution in [0, 0.1) is 0 Å². The molecule has 0 fully saturated rings. The van der Waals surface area contributed by atoms with Gasteiger partial charge in [0.05, 0.1) is 0 Å². The van der Waals surface area contributed by atoms with E-state index in [2.05, 4.69) is 15.9 Å². The van der Waals surface area contributed by atoms with Gasteiger partial charge < -0.3 is 17.5 Å². The zero-order valence-corrected chi connectivity index (χ0v) is 14.9. The summed E-state index contributed by atoms with van der Waals surface area (Å²) in [5, 5.41) is 1.60. The molecule has 0 radical (unpaired) electrons. The molecule has 26 heavy (non-hydrogen) atoms. The summed E-state index contributed by atoms with van der Waals surface area (Å²) in [6, 6.07) is 18.0. The molecule has 6 rings (SSSR count). The summed E-state index contributed by atoms with van der Waals surface area (Å²) in [7, 11) is 0. The van der Waals surface area contributed by atoms with Crippen LogP contribution < -0.4 is 4.48 Å². The van der Waals surface area contributed by atoms with Crippen molar-refractivity contribution in [1.82, 2.24) is 4.48 Å². The molecule has 0 unspecified atom stereocenters. The second kappa shape index (κ2) is 4.54. The molecule has 0 atom stereocenters. The van der Waals surface area contributed by atoms with Crippen molar-refractivity contribution >= 4 is 55.8 Å². The molecule has 0 aliphatic carbocycles. The maximum absolute atomic E-state index is 15.8. The van der Waals surface area contributed by atoms with E-state index in [1.54, 1.807) is 36.4 Å². The Hall–Kier alpha value is -2.67. The molecule has 0 saturated heterocycles. The lowest BCUT2D eigenvalue weighted by Gasteiger charge is -2.26. The molecule has 0 amide bonds. The van der Waals surface area contributed by atoms with Gasteiger partial charge in [-0.15, -0.1) is 0 Å². The number of halogens is 3. The minimum atomic E-state index is -4.09. The average molecular weight is 411 g/mol. The summed E-state index contributed by atoms with van der Waals surface area (Å²) >= 11 is 3.45. The number of aromatic nitrogens is 2. The predicted octanol–water partition coefficient (Wildman–Crippen LogP) is 5.34. The average Bonchev–Trinajstić information content (AvgIpc) is 3.17. The standard InChI is InChI=1S/C19H10BBrF2N2O/c21-11-8-9-15-14(10-11)12-4-3-5-13-18(12)24(15)20(22,23)25-16-6-1-2-7-17(16)26-19(13)25/h1-10H. The van der Waals surface area contributed by atoms with E-state index >= 15 is 8.63 Å². The van der Waals surface area contributed by atoms with Crippen molar-refractivity contribution in [3.63, 3.8) is 0 Å². The number of fused-ring (bicyclic) bond motifs is 7. The van der Waals surface area contributed by atoms with Crippen LogP contribution in [0.2, 0.25) is 0 Å². The number of rotatable bonds is 0. The lowest BCUT2D eigenvalue weighted by atomic mass is 9.90. The van der Waals surface area contributed by atoms with Crippen LogP contribution in [0.15, 0.2) is 69.6 Å². The summed E-state index contributed by atoms with van der Waals surface area (Å²) in [5.74, 6) is 0.205. The Morgan fingerprint density at radius 2 is 1.81 bits per heavy atom. The Bertz CT molecular complexity index is 1390. The first-order valence-electron chi connectivity index (χ1n) is 8.25. The fourth-order valence-electron chi connectivity index (χ4n) is 4.18. The van der Waals surface area contributed by atoms with Crippen molar-refractivity contribution in [3.8, 4) is 11.5 Å². The predicted molar refractivity (Wildman–Crippen MR) is 101 cm³/mol. The second-order valence-corrected chi connectivity index (χ2v) is 7.48. The molecule has 7 heteroatoms. The number of para-hydroxylation sites is 3. The van der Waals surface area contributed by atoms with Crippen molar-refractivity contribution in [1.29, 1.82) is 0 Å². The van der Waals surface area contributed by atoms with E-state index in [0.29, 0.717) is 27.7 Å². The highest BCUT2D eigenvalue weighted by molar-refractivity contribution is 9.10. The van der Waals surface area contributed by atoms with Crippen LogP contribution in [-0.2, 0) is 0 Å². The van der Waals surface area contributed by atoms with Gasteiger partial charge in [0, 0.05) is 32.3 Å². The molecule has 126 valence electrons. The smallest absolute Gasteiger partial charge is 0.401 e. The molecule has 1 aliphatic heterocycles. The lowest BCUT2D eigenvalue weighted by molar-refractivity contribution is -0.534. The van der Waals surface area contributed by atoms with E-state index in [9.17, 15) is 0 Å². The number of oxazole rings is 1. The maximum atomic E-state index is 15.8. The van der Waals surface area contributed by atoms with Gasteiger partial charge in [-0.25, -0.2) is 0 Å². The fraction of sp³-hybridized carbons (Fsp3) is 0. The summed E-state index contributed by atoms with van der Waals surface area (Å²) in [4.78, 5) is 0. The van der Waals surface area contributed by atoms with E-state index < -0.39 is 6.97 Å². The van der Waals surface area contributed by atoms with Crippen molar-refractivity contribution in [2.24, 2.45) is 0 Å². The first kappa shape index (κ1) is 14.5. The third-order valence-electron chi connectivity index (χ3n) is 5.19. The highest BCUT2D eigenvalue weighted by Gasteiger charge is 2.53. The van der Waals surface area contributed by atoms with Gasteiger partial charge in [-0.1, -0.05) is 40.2 Å². The van der Waals surface area contributed by atoms with Gasteiger partial charge in [0.1, 0.15) is 5.56 Å². The normalized spacial score (nSPS) is 15.0. The Morgan fingerprint density at radius 1 is 0.962 bits per heavy atom. The number of benzene rings is 3. The zero-order chi connectivity index (χ0) is 17.6. The molecule has 1 aliphatic rings. The highest BCUT2D eigenvalue weighted by atomic mass is 79.9. The van der Waals surface area contributed by atoms with E-state index in [4.69, 9.17) is 4.42 Å². The Morgan fingerprint density at radius 3 is 2.69 bits per heavy atom. The Balaban J connectivity index is 1.92. The molecule has 3 aromatic carbocycles. The maximum Gasteiger partial charge on any atom is 0.740 e. The summed E-state index contributed by atoms with van der Waals surface area (Å²) < 4.78 is 40.6. The van der Waals surface area contributed by atoms with E-state index in [-0.39, 0.29) is 5.89 Å². The number of nitrogens with zero attached hydrogens (tertiary/aromatic N) is 2. The molecule has 0 bridgehead atoms. The number of hydrogen-bond acceptors (Lipinski definition) is 1. The summed E-state index contributed by atoms with van der Waals surface area (Å²) in [5.41, 5.74) is 2.57. The molecular weight excluding hydrogens is 401 g/mol. The van der Waals surface area contributed by atoms with E-state index in [0.717, 1.165) is 19.7 Å². The van der Waals surface area contributed by atoms with Crippen LogP contribution in [0.25, 0.3) is 44.4 Å². The molecule has 3 heterocycles. The molecule has 5 aromatic rings. The number of hydrogen-bond donors (Lipinski definition) is 0. The lowest BCUT2D eigenvalue weighted by Crippen LogP contribution is -2.65. The van der Waals surface area contributed by atoms with Crippen molar-refractivity contribution in [3.05, 3.63) is 65.1 Å². The molecule has 0 spiro atoms. The van der Waals surface area contributed by atoms with Gasteiger partial charge >= 0.3 is 12.9 Å². The van der Waals surface area contributed by atoms with Crippen LogP contribution in [0.3, 0.4) is 0 Å². The van der Waals surface area contributed by atoms with Gasteiger partial charge in [-0.05, 0) is 30.3 Å². The second-order valence-electron chi connectivity index (χ2n) is 6.57. The van der Waals surface area contributed by atoms with Gasteiger partial charge in [-0.3, -0.25) is 4.48 Å². The summed E-state index contributed by atoms with van der Waals surface area (Å²) in [6.45, 7) is -4.09. The van der Waals surface area contributed by atoms with Crippen LogP contribution >= 0.6 is 15.9 Å². The topological polar surface area (TPSA) is 21.9 Å². The van der Waals surface area contributed by atoms with Crippen LogP contribution in [-0.4, -0.2) is 11.4 Å². The molecular formula is C19H10BBrF2N2O. The van der Waals surface area contributed by atoms with Crippen molar-refractivity contribution in [2.75, 3.05) is 0 Å². The Kier molecular flexibility index (Phi) is 2.53. The monoisotopic (exact) mass is 410 g/mol. The SMILES string of the molecule is F[B-]1(F)n2c3ccc(Br)cc3c3cccc(c32)-c2oc3ccccc3[n+]21. The van der Waals surface area contributed by atoms with Gasteiger partial charge in [0.15, 0.2) is 5.58 Å². The third-order valence-corrected chi connectivity index (χ3v) is 5.68.